The lowest BCUT2D eigenvalue weighted by Gasteiger charge is -2.05. The van der Waals surface area contributed by atoms with E-state index in [1.165, 1.54) is 12.1 Å². The molecule has 0 atom stereocenters. The molecule has 0 saturated heterocycles. The minimum absolute atomic E-state index is 0.0227. The zero-order chi connectivity index (χ0) is 13.1. The molecule has 0 aliphatic heterocycles. The van der Waals surface area contributed by atoms with Crippen LogP contribution in [-0.2, 0) is 0 Å². The number of aromatic hydroxyl groups is 2. The third-order valence-corrected chi connectivity index (χ3v) is 2.66. The van der Waals surface area contributed by atoms with Crippen LogP contribution in [0.2, 0.25) is 0 Å². The van der Waals surface area contributed by atoms with Crippen LogP contribution in [0.25, 0.3) is 23.7 Å². The van der Waals surface area contributed by atoms with Gasteiger partial charge in [0.1, 0.15) is 11.5 Å². The van der Waals surface area contributed by atoms with Crippen LogP contribution in [0.1, 0.15) is 0 Å². The number of hydrogen-bond donors (Lipinski definition) is 4. The van der Waals surface area contributed by atoms with Crippen LogP contribution in [0.15, 0.2) is 36.4 Å². The van der Waals surface area contributed by atoms with Crippen molar-refractivity contribution in [2.75, 3.05) is 0 Å². The number of hydrogen-bond acceptors (Lipinski definition) is 4. The van der Waals surface area contributed by atoms with E-state index in [1.807, 2.05) is 0 Å². The normalized spacial score (nSPS) is 12.9. The second-order valence-corrected chi connectivity index (χ2v) is 3.80. The summed E-state index contributed by atoms with van der Waals surface area (Å²) in [5.74, 6) is -0.0786. The summed E-state index contributed by atoms with van der Waals surface area (Å²) >= 11 is 0. The van der Waals surface area contributed by atoms with Gasteiger partial charge in [-0.05, 0) is 23.8 Å². The second-order valence-electron chi connectivity index (χ2n) is 3.80. The third-order valence-electron chi connectivity index (χ3n) is 2.66. The van der Waals surface area contributed by atoms with E-state index >= 15 is 0 Å². The molecule has 4 nitrogen and oxygen atoms in total. The first kappa shape index (κ1) is 11.9. The van der Waals surface area contributed by atoms with E-state index in [2.05, 4.69) is 0 Å². The van der Waals surface area contributed by atoms with Crippen LogP contribution in [0, 0.1) is 0 Å². The van der Waals surface area contributed by atoms with E-state index in [4.69, 9.17) is 10.2 Å². The van der Waals surface area contributed by atoms with Crippen molar-refractivity contribution in [2.45, 2.75) is 0 Å². The predicted molar refractivity (Wildman–Crippen MR) is 68.6 cm³/mol. The molecule has 0 saturated carbocycles. The van der Waals surface area contributed by atoms with Crippen molar-refractivity contribution >= 4 is 12.5 Å². The van der Waals surface area contributed by atoms with Crippen LogP contribution in [0.5, 0.6) is 11.5 Å². The number of rotatable bonds is 1. The minimum atomic E-state index is -0.0559. The first-order valence-corrected chi connectivity index (χ1v) is 5.27. The highest BCUT2D eigenvalue weighted by Gasteiger charge is 2.05. The van der Waals surface area contributed by atoms with Gasteiger partial charge in [0, 0.05) is 22.1 Å². The molecule has 0 radical (unpaired) electrons. The van der Waals surface area contributed by atoms with Gasteiger partial charge < -0.3 is 20.4 Å². The highest BCUT2D eigenvalue weighted by molar-refractivity contribution is 5.71. The van der Waals surface area contributed by atoms with Crippen molar-refractivity contribution in [2.24, 2.45) is 0 Å². The fraction of sp³-hybridized carbons (Fsp3) is 0. The van der Waals surface area contributed by atoms with Crippen LogP contribution in [-0.4, -0.2) is 20.4 Å². The maximum Gasteiger partial charge on any atom is 0.127 e. The lowest BCUT2D eigenvalue weighted by atomic mass is 10.0. The lowest BCUT2D eigenvalue weighted by Crippen LogP contribution is -2.24. The van der Waals surface area contributed by atoms with Gasteiger partial charge in [-0.15, -0.1) is 0 Å². The Morgan fingerprint density at radius 1 is 0.778 bits per heavy atom. The van der Waals surface area contributed by atoms with Crippen LogP contribution in [0.4, 0.5) is 0 Å². The Morgan fingerprint density at radius 2 is 1.50 bits per heavy atom. The summed E-state index contributed by atoms with van der Waals surface area (Å²) in [4.78, 5) is 0. The molecule has 2 aromatic rings. The highest BCUT2D eigenvalue weighted by atomic mass is 16.3. The van der Waals surface area contributed by atoms with Gasteiger partial charge in [0.15, 0.2) is 0 Å². The van der Waals surface area contributed by atoms with Gasteiger partial charge in [0.25, 0.3) is 0 Å². The summed E-state index contributed by atoms with van der Waals surface area (Å²) in [7, 11) is 0. The van der Waals surface area contributed by atoms with Crippen LogP contribution >= 0.6 is 0 Å². The maximum atomic E-state index is 9.74. The lowest BCUT2D eigenvalue weighted by molar-refractivity contribution is 0.452. The molecule has 0 heterocycles. The first-order chi connectivity index (χ1) is 8.65. The van der Waals surface area contributed by atoms with Crippen molar-refractivity contribution in [3.8, 4) is 22.6 Å². The van der Waals surface area contributed by atoms with E-state index in [0.717, 1.165) is 12.5 Å². The molecule has 0 fully saturated rings. The smallest absolute Gasteiger partial charge is 0.127 e. The average molecular weight is 244 g/mol. The molecule has 0 spiro atoms. The van der Waals surface area contributed by atoms with Crippen molar-refractivity contribution in [1.82, 2.24) is 0 Å². The molecule has 0 amide bonds. The Hall–Kier alpha value is -2.62. The number of phenolic OH excluding ortho intramolecular Hbond substituents is 2. The van der Waals surface area contributed by atoms with Gasteiger partial charge in [0.05, 0.1) is 12.5 Å². The topological polar surface area (TPSA) is 80.9 Å². The Kier molecular flexibility index (Phi) is 3.10. The minimum Gasteiger partial charge on any atom is -0.515 e. The number of phenols is 2. The summed E-state index contributed by atoms with van der Waals surface area (Å²) < 4.78 is 0. The summed E-state index contributed by atoms with van der Waals surface area (Å²) in [6.07, 6.45) is 1.77. The van der Waals surface area contributed by atoms with E-state index in [9.17, 15) is 10.2 Å². The quantitative estimate of drug-likeness (QED) is 0.610. The molecular weight excluding hydrogens is 232 g/mol. The van der Waals surface area contributed by atoms with Gasteiger partial charge >= 0.3 is 0 Å². The monoisotopic (exact) mass is 244 g/mol. The summed E-state index contributed by atoms with van der Waals surface area (Å²) in [5.41, 5.74) is 1.19. The Morgan fingerprint density at radius 3 is 2.11 bits per heavy atom. The number of aliphatic hydroxyl groups excluding tert-OH is 2. The van der Waals surface area contributed by atoms with E-state index < -0.39 is 0 Å². The van der Waals surface area contributed by atoms with Crippen LogP contribution in [0.3, 0.4) is 0 Å². The van der Waals surface area contributed by atoms with Crippen molar-refractivity contribution < 1.29 is 20.4 Å². The molecular formula is C14H12O4. The Labute approximate surface area is 103 Å². The van der Waals surface area contributed by atoms with Gasteiger partial charge in [-0.1, -0.05) is 12.1 Å². The molecule has 0 aliphatic rings. The van der Waals surface area contributed by atoms with Crippen molar-refractivity contribution in [3.63, 3.8) is 0 Å². The molecule has 4 N–H and O–H groups in total. The molecule has 0 unspecified atom stereocenters. The number of aliphatic hydroxyl groups is 2. The first-order valence-electron chi connectivity index (χ1n) is 5.27. The van der Waals surface area contributed by atoms with Crippen molar-refractivity contribution in [3.05, 3.63) is 46.8 Å². The summed E-state index contributed by atoms with van der Waals surface area (Å²) in [5, 5.41) is 37.9. The molecule has 0 bridgehead atoms. The van der Waals surface area contributed by atoms with Gasteiger partial charge in [0.2, 0.25) is 0 Å². The summed E-state index contributed by atoms with van der Waals surface area (Å²) in [6, 6.07) is 9.20. The third kappa shape index (κ3) is 2.08. The summed E-state index contributed by atoms with van der Waals surface area (Å²) in [6.45, 7) is 0. The zero-order valence-electron chi connectivity index (χ0n) is 9.41. The standard InChI is InChI=1S/C14H12O4/c15-7-10-2-1-9(5-11(10)8-16)13-4-3-12(17)6-14(13)18/h1-8,15-18H. The average Bonchev–Trinajstić information content (AvgIpc) is 2.38. The zero-order valence-corrected chi connectivity index (χ0v) is 9.41. The van der Waals surface area contributed by atoms with Gasteiger partial charge in [-0.3, -0.25) is 0 Å². The molecule has 4 heteroatoms. The molecule has 0 aromatic heterocycles. The van der Waals surface area contributed by atoms with E-state index in [0.29, 0.717) is 21.6 Å². The van der Waals surface area contributed by atoms with Gasteiger partial charge in [-0.25, -0.2) is 0 Å². The fourth-order valence-electron chi connectivity index (χ4n) is 1.74. The van der Waals surface area contributed by atoms with Crippen molar-refractivity contribution in [1.29, 1.82) is 0 Å². The van der Waals surface area contributed by atoms with E-state index in [-0.39, 0.29) is 11.5 Å². The predicted octanol–water partition coefficient (Wildman–Crippen LogP) is 1.36. The number of benzene rings is 2. The Bertz CT molecular complexity index is 689. The van der Waals surface area contributed by atoms with Crippen LogP contribution < -0.4 is 10.4 Å². The second kappa shape index (κ2) is 4.71. The molecule has 18 heavy (non-hydrogen) atoms. The maximum absolute atomic E-state index is 9.74. The van der Waals surface area contributed by atoms with E-state index in [1.54, 1.807) is 24.3 Å². The molecule has 0 aliphatic carbocycles. The molecule has 2 aromatic carbocycles. The highest BCUT2D eigenvalue weighted by Crippen LogP contribution is 2.30. The fourth-order valence-corrected chi connectivity index (χ4v) is 1.74. The Balaban J connectivity index is 2.66. The molecule has 2 rings (SSSR count). The SMILES string of the molecule is OC=c1ccc(-c2ccc(O)cc2O)cc1=CO. The van der Waals surface area contributed by atoms with Gasteiger partial charge in [-0.2, -0.15) is 0 Å². The molecule has 92 valence electrons. The largest absolute Gasteiger partial charge is 0.515 e.